The maximum absolute atomic E-state index is 13.0. The lowest BCUT2D eigenvalue weighted by atomic mass is 9.96. The standard InChI is InChI=1S/C20H20F3N3O2S/c21-20(22,23)18-12-17-16(10-11-24-19(17)25-18)13-6-8-15(9-7-13)29(27,28)26-14-4-2-1-3-5-14/h6-12,14,26H,1-5H2,(H,24,25). The molecule has 1 aromatic carbocycles. The Kier molecular flexibility index (Phi) is 5.12. The molecule has 4 rings (SSSR count). The first kappa shape index (κ1) is 19.9. The van der Waals surface area contributed by atoms with Crippen LogP contribution in [-0.2, 0) is 16.2 Å². The van der Waals surface area contributed by atoms with Crippen LogP contribution in [0.2, 0.25) is 0 Å². The third kappa shape index (κ3) is 4.16. The summed E-state index contributed by atoms with van der Waals surface area (Å²) in [5.41, 5.74) is 0.418. The molecule has 2 heterocycles. The molecule has 3 aromatic rings. The smallest absolute Gasteiger partial charge is 0.336 e. The summed E-state index contributed by atoms with van der Waals surface area (Å²) in [6.45, 7) is 0. The van der Waals surface area contributed by atoms with Crippen LogP contribution in [0.15, 0.2) is 47.5 Å². The summed E-state index contributed by atoms with van der Waals surface area (Å²) >= 11 is 0. The van der Waals surface area contributed by atoms with Gasteiger partial charge in [-0.25, -0.2) is 18.1 Å². The van der Waals surface area contributed by atoms with Crippen LogP contribution >= 0.6 is 0 Å². The van der Waals surface area contributed by atoms with Gasteiger partial charge in [-0.2, -0.15) is 13.2 Å². The Morgan fingerprint density at radius 3 is 2.38 bits per heavy atom. The summed E-state index contributed by atoms with van der Waals surface area (Å²) in [6, 6.07) is 8.74. The highest BCUT2D eigenvalue weighted by molar-refractivity contribution is 7.89. The summed E-state index contributed by atoms with van der Waals surface area (Å²) in [5, 5.41) is 0.329. The summed E-state index contributed by atoms with van der Waals surface area (Å²) in [7, 11) is -3.63. The molecule has 0 bridgehead atoms. The molecular formula is C20H20F3N3O2S. The van der Waals surface area contributed by atoms with Gasteiger partial charge in [-0.3, -0.25) is 0 Å². The number of pyridine rings is 1. The van der Waals surface area contributed by atoms with E-state index in [0.717, 1.165) is 38.2 Å². The van der Waals surface area contributed by atoms with Crippen molar-refractivity contribution in [3.63, 3.8) is 0 Å². The van der Waals surface area contributed by atoms with E-state index in [1.54, 1.807) is 18.2 Å². The zero-order valence-electron chi connectivity index (χ0n) is 15.5. The molecular weight excluding hydrogens is 403 g/mol. The fourth-order valence-electron chi connectivity index (χ4n) is 3.75. The number of aromatic amines is 1. The number of nitrogens with zero attached hydrogens (tertiary/aromatic N) is 1. The predicted molar refractivity (Wildman–Crippen MR) is 104 cm³/mol. The van der Waals surface area contributed by atoms with Gasteiger partial charge in [0, 0.05) is 17.6 Å². The monoisotopic (exact) mass is 423 g/mol. The number of nitrogens with one attached hydrogen (secondary N) is 2. The van der Waals surface area contributed by atoms with Crippen molar-refractivity contribution < 1.29 is 21.6 Å². The Labute approximate surface area is 166 Å². The van der Waals surface area contributed by atoms with Gasteiger partial charge in [0.1, 0.15) is 11.3 Å². The first-order valence-electron chi connectivity index (χ1n) is 9.42. The number of halogens is 3. The molecule has 1 fully saturated rings. The Bertz CT molecular complexity index is 1120. The number of benzene rings is 1. The van der Waals surface area contributed by atoms with E-state index < -0.39 is 21.9 Å². The molecule has 1 aliphatic rings. The molecule has 29 heavy (non-hydrogen) atoms. The van der Waals surface area contributed by atoms with Crippen molar-refractivity contribution in [2.75, 3.05) is 0 Å². The molecule has 0 aliphatic heterocycles. The highest BCUT2D eigenvalue weighted by atomic mass is 32.2. The fourth-order valence-corrected chi connectivity index (χ4v) is 5.06. The van der Waals surface area contributed by atoms with Gasteiger partial charge < -0.3 is 4.98 Å². The second-order valence-corrected chi connectivity index (χ2v) is 9.00. The van der Waals surface area contributed by atoms with Gasteiger partial charge in [-0.1, -0.05) is 31.4 Å². The maximum Gasteiger partial charge on any atom is 0.431 e. The predicted octanol–water partition coefficient (Wildman–Crippen LogP) is 4.86. The molecule has 0 atom stereocenters. The van der Waals surface area contributed by atoms with Crippen LogP contribution in [0.4, 0.5) is 13.2 Å². The van der Waals surface area contributed by atoms with Gasteiger partial charge in [-0.15, -0.1) is 0 Å². The molecule has 0 radical (unpaired) electrons. The molecule has 0 saturated heterocycles. The van der Waals surface area contributed by atoms with Gasteiger partial charge in [0.2, 0.25) is 10.0 Å². The van der Waals surface area contributed by atoms with Gasteiger partial charge in [0.15, 0.2) is 0 Å². The van der Waals surface area contributed by atoms with E-state index in [9.17, 15) is 21.6 Å². The van der Waals surface area contributed by atoms with Crippen molar-refractivity contribution in [3.8, 4) is 11.1 Å². The van der Waals surface area contributed by atoms with Gasteiger partial charge in [0.25, 0.3) is 0 Å². The molecule has 9 heteroatoms. The van der Waals surface area contributed by atoms with Gasteiger partial charge in [-0.05, 0) is 48.2 Å². The lowest BCUT2D eigenvalue weighted by Crippen LogP contribution is -2.36. The quantitative estimate of drug-likeness (QED) is 0.629. The van der Waals surface area contributed by atoms with Gasteiger partial charge in [0.05, 0.1) is 4.90 Å². The van der Waals surface area contributed by atoms with Crippen molar-refractivity contribution in [2.45, 2.75) is 49.2 Å². The Morgan fingerprint density at radius 2 is 1.72 bits per heavy atom. The van der Waals surface area contributed by atoms with Crippen LogP contribution in [-0.4, -0.2) is 24.4 Å². The first-order chi connectivity index (χ1) is 13.7. The summed E-state index contributed by atoms with van der Waals surface area (Å²) < 4.78 is 67.0. The van der Waals surface area contributed by atoms with Crippen LogP contribution in [0.3, 0.4) is 0 Å². The molecule has 5 nitrogen and oxygen atoms in total. The summed E-state index contributed by atoms with van der Waals surface area (Å²) in [5.74, 6) is 0. The number of aromatic nitrogens is 2. The average Bonchev–Trinajstić information content (AvgIpc) is 3.13. The largest absolute Gasteiger partial charge is 0.431 e. The lowest BCUT2D eigenvalue weighted by Gasteiger charge is -2.22. The molecule has 0 amide bonds. The molecule has 154 valence electrons. The molecule has 2 aromatic heterocycles. The zero-order chi connectivity index (χ0) is 20.6. The first-order valence-corrected chi connectivity index (χ1v) is 10.9. The topological polar surface area (TPSA) is 74.8 Å². The van der Waals surface area contributed by atoms with Gasteiger partial charge >= 0.3 is 6.18 Å². The van der Waals surface area contributed by atoms with Crippen LogP contribution in [0.5, 0.6) is 0 Å². The maximum atomic E-state index is 13.0. The molecule has 0 spiro atoms. The SMILES string of the molecule is O=S(=O)(NC1CCCCC1)c1ccc(-c2ccnc3[nH]c(C(F)(F)F)cc23)cc1. The highest BCUT2D eigenvalue weighted by Crippen LogP contribution is 2.34. The number of hydrogen-bond donors (Lipinski definition) is 2. The zero-order valence-corrected chi connectivity index (χ0v) is 16.3. The van der Waals surface area contributed by atoms with Crippen molar-refractivity contribution in [2.24, 2.45) is 0 Å². The van der Waals surface area contributed by atoms with Crippen molar-refractivity contribution >= 4 is 21.1 Å². The summed E-state index contributed by atoms with van der Waals surface area (Å²) in [6.07, 6.45) is 1.75. The minimum absolute atomic E-state index is 0.0473. The molecule has 0 unspecified atom stereocenters. The van der Waals surface area contributed by atoms with E-state index in [2.05, 4.69) is 14.7 Å². The van der Waals surface area contributed by atoms with E-state index in [4.69, 9.17) is 0 Å². The number of rotatable bonds is 4. The van der Waals surface area contributed by atoms with Crippen LogP contribution in [0.1, 0.15) is 37.8 Å². The van der Waals surface area contributed by atoms with E-state index in [0.29, 0.717) is 16.5 Å². The van der Waals surface area contributed by atoms with Crippen molar-refractivity contribution in [1.29, 1.82) is 0 Å². The minimum atomic E-state index is -4.50. The third-order valence-corrected chi connectivity index (χ3v) is 6.78. The molecule has 1 aliphatic carbocycles. The van der Waals surface area contributed by atoms with E-state index in [-0.39, 0.29) is 16.6 Å². The normalized spacial score (nSPS) is 16.4. The fraction of sp³-hybridized carbons (Fsp3) is 0.350. The highest BCUT2D eigenvalue weighted by Gasteiger charge is 2.33. The molecule has 2 N–H and O–H groups in total. The number of sulfonamides is 1. The van der Waals surface area contributed by atoms with Crippen LogP contribution in [0, 0.1) is 0 Å². The number of H-pyrrole nitrogens is 1. The third-order valence-electron chi connectivity index (χ3n) is 5.24. The molecule has 1 saturated carbocycles. The van der Waals surface area contributed by atoms with E-state index in [1.807, 2.05) is 0 Å². The number of fused-ring (bicyclic) bond motifs is 1. The summed E-state index contributed by atoms with van der Waals surface area (Å²) in [4.78, 5) is 6.39. The Balaban J connectivity index is 1.63. The van der Waals surface area contributed by atoms with E-state index in [1.165, 1.54) is 18.3 Å². The van der Waals surface area contributed by atoms with Crippen LogP contribution < -0.4 is 4.72 Å². The average molecular weight is 423 g/mol. The van der Waals surface area contributed by atoms with Crippen LogP contribution in [0.25, 0.3) is 22.2 Å². The second-order valence-electron chi connectivity index (χ2n) is 7.28. The van der Waals surface area contributed by atoms with E-state index >= 15 is 0 Å². The lowest BCUT2D eigenvalue weighted by molar-refractivity contribution is -0.140. The second kappa shape index (κ2) is 7.46. The number of alkyl halides is 3. The number of hydrogen-bond acceptors (Lipinski definition) is 3. The Hall–Kier alpha value is -2.39. The van der Waals surface area contributed by atoms with Crippen molar-refractivity contribution in [3.05, 3.63) is 48.3 Å². The Morgan fingerprint density at radius 1 is 1.03 bits per heavy atom. The minimum Gasteiger partial charge on any atom is -0.336 e. The van der Waals surface area contributed by atoms with Crippen molar-refractivity contribution in [1.82, 2.24) is 14.7 Å².